The number of aliphatic hydroxyl groups excluding tert-OH is 1. The first kappa shape index (κ1) is 14.0. The number of aliphatic hydroxyl groups is 1. The smallest absolute Gasteiger partial charge is 0.0507 e. The summed E-state index contributed by atoms with van der Waals surface area (Å²) in [6, 6.07) is 3.45. The number of benzene rings is 1. The molecule has 0 aliphatic heterocycles. The maximum absolute atomic E-state index is 9.31. The molecule has 1 atom stereocenters. The van der Waals surface area contributed by atoms with Gasteiger partial charge in [-0.05, 0) is 33.6 Å². The fourth-order valence-corrected chi connectivity index (χ4v) is 2.64. The number of halogens is 2. The molecule has 0 saturated heterocycles. The lowest BCUT2D eigenvalue weighted by Crippen LogP contribution is -2.33. The number of anilines is 1. The maximum atomic E-state index is 9.31. The second kappa shape index (κ2) is 5.04. The second-order valence-electron chi connectivity index (χ2n) is 4.51. The van der Waals surface area contributed by atoms with Crippen LogP contribution in [-0.2, 0) is 0 Å². The van der Waals surface area contributed by atoms with Gasteiger partial charge in [-0.2, -0.15) is 0 Å². The Morgan fingerprint density at radius 1 is 1.38 bits per heavy atom. The Morgan fingerprint density at radius 2 is 1.94 bits per heavy atom. The van der Waals surface area contributed by atoms with E-state index in [-0.39, 0.29) is 12.6 Å². The molecular formula is C11H16Br2N2O. The highest BCUT2D eigenvalue weighted by Gasteiger charge is 2.29. The normalized spacial score (nSPS) is 13.9. The molecule has 5 N–H and O–H groups in total. The molecule has 0 unspecified atom stereocenters. The number of nitrogen functional groups attached to an aromatic ring is 1. The van der Waals surface area contributed by atoms with Gasteiger partial charge in [-0.1, -0.05) is 29.8 Å². The Kier molecular flexibility index (Phi) is 4.40. The van der Waals surface area contributed by atoms with E-state index in [2.05, 4.69) is 31.9 Å². The lowest BCUT2D eigenvalue weighted by atomic mass is 9.81. The van der Waals surface area contributed by atoms with Crippen molar-refractivity contribution in [2.24, 2.45) is 11.1 Å². The molecule has 0 bridgehead atoms. The van der Waals surface area contributed by atoms with E-state index in [0.717, 1.165) is 14.5 Å². The highest BCUT2D eigenvalue weighted by molar-refractivity contribution is 9.11. The van der Waals surface area contributed by atoms with E-state index in [1.165, 1.54) is 0 Å². The highest BCUT2D eigenvalue weighted by atomic mass is 79.9. The van der Waals surface area contributed by atoms with Crippen LogP contribution >= 0.6 is 31.9 Å². The van der Waals surface area contributed by atoms with E-state index in [0.29, 0.717) is 5.69 Å². The van der Waals surface area contributed by atoms with Crippen molar-refractivity contribution in [1.29, 1.82) is 0 Å². The Bertz CT molecular complexity index is 394. The zero-order chi connectivity index (χ0) is 12.5. The van der Waals surface area contributed by atoms with Crippen LogP contribution in [0.2, 0.25) is 0 Å². The zero-order valence-corrected chi connectivity index (χ0v) is 12.5. The van der Waals surface area contributed by atoms with E-state index in [4.69, 9.17) is 11.5 Å². The summed E-state index contributed by atoms with van der Waals surface area (Å²) in [5.41, 5.74) is 13.2. The van der Waals surface area contributed by atoms with Gasteiger partial charge < -0.3 is 16.6 Å². The summed E-state index contributed by atoms with van der Waals surface area (Å²) in [7, 11) is 0. The standard InChI is InChI=1S/C11H16Br2N2O/c1-11(2,5-16)10(15)7-3-6(12)4-8(13)9(7)14/h3-4,10,16H,5,14-15H2,1-2H3/t10-/m1/s1. The molecule has 5 heteroatoms. The average molecular weight is 352 g/mol. The highest BCUT2D eigenvalue weighted by Crippen LogP contribution is 2.38. The van der Waals surface area contributed by atoms with Crippen molar-refractivity contribution >= 4 is 37.5 Å². The van der Waals surface area contributed by atoms with E-state index >= 15 is 0 Å². The van der Waals surface area contributed by atoms with Crippen molar-refractivity contribution < 1.29 is 5.11 Å². The molecule has 0 aliphatic rings. The van der Waals surface area contributed by atoms with Gasteiger partial charge in [0.1, 0.15) is 0 Å². The molecule has 1 aromatic rings. The topological polar surface area (TPSA) is 72.3 Å². The Morgan fingerprint density at radius 3 is 2.44 bits per heavy atom. The predicted molar refractivity (Wildman–Crippen MR) is 74.0 cm³/mol. The van der Waals surface area contributed by atoms with Gasteiger partial charge >= 0.3 is 0 Å². The van der Waals surface area contributed by atoms with E-state index in [1.807, 2.05) is 26.0 Å². The van der Waals surface area contributed by atoms with Crippen LogP contribution in [0.5, 0.6) is 0 Å². The Hall–Kier alpha value is -0.100. The molecule has 0 aromatic heterocycles. The minimum absolute atomic E-state index is 0.0116. The third-order valence-corrected chi connectivity index (χ3v) is 3.82. The molecule has 0 spiro atoms. The molecule has 0 fully saturated rings. The predicted octanol–water partition coefficient (Wildman–Crippen LogP) is 2.81. The summed E-state index contributed by atoms with van der Waals surface area (Å²) in [5, 5.41) is 9.31. The summed E-state index contributed by atoms with van der Waals surface area (Å²) in [4.78, 5) is 0. The maximum Gasteiger partial charge on any atom is 0.0507 e. The summed E-state index contributed by atoms with van der Waals surface area (Å²) >= 11 is 6.78. The van der Waals surface area contributed by atoms with Crippen molar-refractivity contribution in [3.05, 3.63) is 26.6 Å². The fourth-order valence-electron chi connectivity index (χ4n) is 1.38. The van der Waals surface area contributed by atoms with Crippen LogP contribution in [0.3, 0.4) is 0 Å². The number of rotatable bonds is 3. The van der Waals surface area contributed by atoms with Crippen LogP contribution in [0.1, 0.15) is 25.5 Å². The van der Waals surface area contributed by atoms with Crippen molar-refractivity contribution in [2.75, 3.05) is 12.3 Å². The molecular weight excluding hydrogens is 336 g/mol. The van der Waals surface area contributed by atoms with Crippen molar-refractivity contribution in [3.8, 4) is 0 Å². The first-order valence-electron chi connectivity index (χ1n) is 4.90. The minimum atomic E-state index is -0.408. The van der Waals surface area contributed by atoms with Gasteiger partial charge in [-0.15, -0.1) is 0 Å². The molecule has 3 nitrogen and oxygen atoms in total. The van der Waals surface area contributed by atoms with E-state index < -0.39 is 5.41 Å². The molecule has 0 saturated carbocycles. The third kappa shape index (κ3) is 2.77. The van der Waals surface area contributed by atoms with Crippen molar-refractivity contribution in [2.45, 2.75) is 19.9 Å². The van der Waals surface area contributed by atoms with Gasteiger partial charge in [0.15, 0.2) is 0 Å². The zero-order valence-electron chi connectivity index (χ0n) is 9.30. The van der Waals surface area contributed by atoms with Crippen molar-refractivity contribution in [1.82, 2.24) is 0 Å². The van der Waals surface area contributed by atoms with Gasteiger partial charge in [-0.25, -0.2) is 0 Å². The SMILES string of the molecule is CC(C)(CO)[C@H](N)c1cc(Br)cc(Br)c1N. The summed E-state index contributed by atoms with van der Waals surface area (Å²) in [6.07, 6.45) is 0. The second-order valence-corrected chi connectivity index (χ2v) is 6.28. The average Bonchev–Trinajstić information content (AvgIpc) is 2.22. The Balaban J connectivity index is 3.23. The molecule has 16 heavy (non-hydrogen) atoms. The van der Waals surface area contributed by atoms with Gasteiger partial charge in [0.05, 0.1) is 5.69 Å². The number of nitrogens with two attached hydrogens (primary N) is 2. The van der Waals surface area contributed by atoms with Crippen LogP contribution in [0.25, 0.3) is 0 Å². The molecule has 0 heterocycles. The summed E-state index contributed by atoms with van der Waals surface area (Å²) < 4.78 is 1.72. The van der Waals surface area contributed by atoms with Gasteiger partial charge in [0, 0.05) is 27.0 Å². The minimum Gasteiger partial charge on any atom is -0.398 e. The van der Waals surface area contributed by atoms with Gasteiger partial charge in [0.25, 0.3) is 0 Å². The van der Waals surface area contributed by atoms with Crippen LogP contribution in [0.4, 0.5) is 5.69 Å². The monoisotopic (exact) mass is 350 g/mol. The lowest BCUT2D eigenvalue weighted by molar-refractivity contribution is 0.132. The summed E-state index contributed by atoms with van der Waals surface area (Å²) in [6.45, 7) is 3.83. The third-order valence-electron chi connectivity index (χ3n) is 2.71. The molecule has 0 amide bonds. The number of hydrogen-bond donors (Lipinski definition) is 3. The molecule has 90 valence electrons. The van der Waals surface area contributed by atoms with E-state index in [9.17, 15) is 5.11 Å². The Labute approximate surface area is 112 Å². The largest absolute Gasteiger partial charge is 0.398 e. The van der Waals surface area contributed by atoms with E-state index in [1.54, 1.807) is 0 Å². The first-order valence-corrected chi connectivity index (χ1v) is 6.49. The first-order chi connectivity index (χ1) is 7.29. The van der Waals surface area contributed by atoms with Crippen molar-refractivity contribution in [3.63, 3.8) is 0 Å². The van der Waals surface area contributed by atoms with Crippen LogP contribution in [0.15, 0.2) is 21.1 Å². The van der Waals surface area contributed by atoms with Crippen LogP contribution in [0, 0.1) is 5.41 Å². The summed E-state index contributed by atoms with van der Waals surface area (Å²) in [5.74, 6) is 0. The molecule has 1 rings (SSSR count). The molecule has 0 radical (unpaired) electrons. The van der Waals surface area contributed by atoms with Gasteiger partial charge in [-0.3, -0.25) is 0 Å². The lowest BCUT2D eigenvalue weighted by Gasteiger charge is -2.31. The molecule has 1 aromatic carbocycles. The quantitative estimate of drug-likeness (QED) is 0.733. The van der Waals surface area contributed by atoms with Gasteiger partial charge in [0.2, 0.25) is 0 Å². The molecule has 0 aliphatic carbocycles. The van der Waals surface area contributed by atoms with Crippen LogP contribution in [-0.4, -0.2) is 11.7 Å². The number of hydrogen-bond acceptors (Lipinski definition) is 3. The van der Waals surface area contributed by atoms with Crippen LogP contribution < -0.4 is 11.5 Å². The fraction of sp³-hybridized carbons (Fsp3) is 0.455.